The zero-order chi connectivity index (χ0) is 12.8. The van der Waals surface area contributed by atoms with Gasteiger partial charge in [0.05, 0.1) is 5.02 Å². The third kappa shape index (κ3) is 3.49. The van der Waals surface area contributed by atoms with Crippen LogP contribution in [-0.2, 0) is 0 Å². The Morgan fingerprint density at radius 3 is 2.53 bits per heavy atom. The lowest BCUT2D eigenvalue weighted by Gasteiger charge is -1.97. The van der Waals surface area contributed by atoms with Crippen LogP contribution in [0.1, 0.15) is 5.56 Å². The van der Waals surface area contributed by atoms with Gasteiger partial charge in [0, 0.05) is 16.8 Å². The zero-order valence-corrected chi connectivity index (χ0v) is 10.00. The smallest absolute Gasteiger partial charge is 0.174 e. The van der Waals surface area contributed by atoms with Crippen molar-refractivity contribution < 1.29 is 0 Å². The quantitative estimate of drug-likeness (QED) is 0.658. The molecule has 17 heavy (non-hydrogen) atoms. The number of benzene rings is 1. The largest absolute Gasteiger partial charge is 0.388 e. The summed E-state index contributed by atoms with van der Waals surface area (Å²) in [6.45, 7) is 0. The number of nitrogens with zero attached hydrogens (tertiary/aromatic N) is 3. The molecule has 2 N–H and O–H groups in total. The van der Waals surface area contributed by atoms with Crippen molar-refractivity contribution >= 4 is 29.4 Å². The molecule has 84 valence electrons. The van der Waals surface area contributed by atoms with E-state index in [2.05, 4.69) is 4.99 Å². The van der Waals surface area contributed by atoms with Gasteiger partial charge >= 0.3 is 0 Å². The standard InChI is InChI=1S/C11H6Cl2N4/c12-8-2-1-7(9(13)3-8)6-17-11(5-15)10(16)4-14/h1-3,6H,16H2. The van der Waals surface area contributed by atoms with Crippen LogP contribution in [0.4, 0.5) is 0 Å². The first kappa shape index (κ1) is 13.1. The van der Waals surface area contributed by atoms with E-state index in [0.29, 0.717) is 15.6 Å². The van der Waals surface area contributed by atoms with Crippen LogP contribution in [0.25, 0.3) is 0 Å². The van der Waals surface area contributed by atoms with Gasteiger partial charge in [-0.1, -0.05) is 29.3 Å². The van der Waals surface area contributed by atoms with Gasteiger partial charge in [0.15, 0.2) is 5.70 Å². The molecule has 6 heteroatoms. The molecule has 0 saturated carbocycles. The fourth-order valence-electron chi connectivity index (χ4n) is 0.952. The second kappa shape index (κ2) is 5.91. The number of allylic oxidation sites excluding steroid dienone is 2. The van der Waals surface area contributed by atoms with E-state index in [1.54, 1.807) is 30.3 Å². The third-order valence-electron chi connectivity index (χ3n) is 1.78. The first-order valence-corrected chi connectivity index (χ1v) is 5.13. The number of halogens is 2. The monoisotopic (exact) mass is 264 g/mol. The fourth-order valence-corrected chi connectivity index (χ4v) is 1.41. The predicted molar refractivity (Wildman–Crippen MR) is 66.5 cm³/mol. The van der Waals surface area contributed by atoms with Crippen LogP contribution in [0.15, 0.2) is 34.6 Å². The van der Waals surface area contributed by atoms with Gasteiger partial charge in [0.1, 0.15) is 17.8 Å². The number of rotatable bonds is 2. The van der Waals surface area contributed by atoms with Gasteiger partial charge in [-0.3, -0.25) is 0 Å². The van der Waals surface area contributed by atoms with Crippen molar-refractivity contribution in [2.45, 2.75) is 0 Å². The minimum absolute atomic E-state index is 0.154. The lowest BCUT2D eigenvalue weighted by Crippen LogP contribution is -1.97. The van der Waals surface area contributed by atoms with Gasteiger partial charge in [-0.15, -0.1) is 0 Å². The Kier molecular flexibility index (Phi) is 4.54. The minimum atomic E-state index is -0.242. The normalized spacial score (nSPS) is 11.8. The predicted octanol–water partition coefficient (Wildman–Crippen LogP) is 2.63. The van der Waals surface area contributed by atoms with E-state index in [-0.39, 0.29) is 11.4 Å². The van der Waals surface area contributed by atoms with E-state index in [1.165, 1.54) is 6.21 Å². The summed E-state index contributed by atoms with van der Waals surface area (Å²) in [7, 11) is 0. The molecule has 0 aliphatic rings. The molecular formula is C11H6Cl2N4. The van der Waals surface area contributed by atoms with E-state index in [9.17, 15) is 0 Å². The first-order chi connectivity index (χ1) is 8.08. The average Bonchev–Trinajstić information content (AvgIpc) is 2.31. The highest BCUT2D eigenvalue weighted by atomic mass is 35.5. The molecule has 0 spiro atoms. The average molecular weight is 265 g/mol. The second-order valence-corrected chi connectivity index (χ2v) is 3.75. The SMILES string of the molecule is N#CC(N)=C(C#N)N=Cc1ccc(Cl)cc1Cl. The lowest BCUT2D eigenvalue weighted by atomic mass is 10.2. The molecule has 0 fully saturated rings. The summed E-state index contributed by atoms with van der Waals surface area (Å²) in [4.78, 5) is 3.79. The van der Waals surface area contributed by atoms with E-state index in [1.807, 2.05) is 0 Å². The number of nitrogens with two attached hydrogens (primary N) is 1. The summed E-state index contributed by atoms with van der Waals surface area (Å²) in [5, 5.41) is 18.1. The molecular weight excluding hydrogens is 259 g/mol. The van der Waals surface area contributed by atoms with Crippen molar-refractivity contribution in [2.75, 3.05) is 0 Å². The Morgan fingerprint density at radius 2 is 2.00 bits per heavy atom. The third-order valence-corrected chi connectivity index (χ3v) is 2.34. The molecule has 0 aliphatic heterocycles. The van der Waals surface area contributed by atoms with Crippen LogP contribution < -0.4 is 5.73 Å². The lowest BCUT2D eigenvalue weighted by molar-refractivity contribution is 1.27. The molecule has 0 atom stereocenters. The molecule has 0 amide bonds. The van der Waals surface area contributed by atoms with Gasteiger partial charge in [-0.25, -0.2) is 4.99 Å². The van der Waals surface area contributed by atoms with E-state index in [0.717, 1.165) is 0 Å². The zero-order valence-electron chi connectivity index (χ0n) is 8.48. The Labute approximate surface area is 108 Å². The van der Waals surface area contributed by atoms with Crippen LogP contribution in [0.3, 0.4) is 0 Å². The van der Waals surface area contributed by atoms with Crippen LogP contribution >= 0.6 is 23.2 Å². The maximum Gasteiger partial charge on any atom is 0.174 e. The van der Waals surface area contributed by atoms with Crippen molar-refractivity contribution in [1.82, 2.24) is 0 Å². The van der Waals surface area contributed by atoms with E-state index < -0.39 is 0 Å². The Bertz CT molecular complexity index is 576. The van der Waals surface area contributed by atoms with Gasteiger partial charge in [0.25, 0.3) is 0 Å². The Balaban J connectivity index is 3.08. The van der Waals surface area contributed by atoms with E-state index >= 15 is 0 Å². The van der Waals surface area contributed by atoms with Crippen LogP contribution in [-0.4, -0.2) is 6.21 Å². The van der Waals surface area contributed by atoms with Crippen molar-refractivity contribution in [1.29, 1.82) is 10.5 Å². The highest BCUT2D eigenvalue weighted by molar-refractivity contribution is 6.36. The van der Waals surface area contributed by atoms with Gasteiger partial charge < -0.3 is 5.73 Å². The molecule has 0 saturated heterocycles. The summed E-state index contributed by atoms with van der Waals surface area (Å²) in [5.41, 5.74) is 5.46. The number of hydrogen-bond acceptors (Lipinski definition) is 4. The molecule has 4 nitrogen and oxygen atoms in total. The molecule has 1 rings (SSSR count). The van der Waals surface area contributed by atoms with Crippen LogP contribution in [0, 0.1) is 22.7 Å². The summed E-state index contributed by atoms with van der Waals surface area (Å²) in [5.74, 6) is 0. The maximum atomic E-state index is 8.71. The van der Waals surface area contributed by atoms with Crippen LogP contribution in [0.2, 0.25) is 10.0 Å². The maximum absolute atomic E-state index is 8.71. The molecule has 0 bridgehead atoms. The highest BCUT2D eigenvalue weighted by Gasteiger charge is 2.01. The molecule has 0 radical (unpaired) electrons. The Morgan fingerprint density at radius 1 is 1.29 bits per heavy atom. The van der Waals surface area contributed by atoms with Crippen molar-refractivity contribution in [3.8, 4) is 12.1 Å². The summed E-state index contributed by atoms with van der Waals surface area (Å²) in [6.07, 6.45) is 1.35. The van der Waals surface area contributed by atoms with Crippen LogP contribution in [0.5, 0.6) is 0 Å². The summed E-state index contributed by atoms with van der Waals surface area (Å²) >= 11 is 11.6. The molecule has 0 aromatic heterocycles. The highest BCUT2D eigenvalue weighted by Crippen LogP contribution is 2.19. The molecule has 0 unspecified atom stereocenters. The number of aliphatic imine (C=N–C) groups is 1. The first-order valence-electron chi connectivity index (χ1n) is 4.37. The molecule has 0 aliphatic carbocycles. The number of nitriles is 2. The van der Waals surface area contributed by atoms with Gasteiger partial charge in [-0.05, 0) is 12.1 Å². The van der Waals surface area contributed by atoms with Crippen molar-refractivity contribution in [3.05, 3.63) is 45.2 Å². The summed E-state index contributed by atoms with van der Waals surface area (Å²) in [6, 6.07) is 8.19. The second-order valence-electron chi connectivity index (χ2n) is 2.91. The minimum Gasteiger partial charge on any atom is -0.388 e. The molecule has 1 aromatic carbocycles. The number of hydrogen-bond donors (Lipinski definition) is 1. The molecule has 0 heterocycles. The Hall–Kier alpha value is -2.01. The summed E-state index contributed by atoms with van der Waals surface area (Å²) < 4.78 is 0. The topological polar surface area (TPSA) is 86.0 Å². The van der Waals surface area contributed by atoms with E-state index in [4.69, 9.17) is 39.5 Å². The molecule has 1 aromatic rings. The fraction of sp³-hybridized carbons (Fsp3) is 0. The van der Waals surface area contributed by atoms with Gasteiger partial charge in [0.2, 0.25) is 0 Å². The van der Waals surface area contributed by atoms with Crippen molar-refractivity contribution in [2.24, 2.45) is 10.7 Å². The van der Waals surface area contributed by atoms with Crippen molar-refractivity contribution in [3.63, 3.8) is 0 Å². The van der Waals surface area contributed by atoms with Gasteiger partial charge in [-0.2, -0.15) is 10.5 Å².